The minimum Gasteiger partial charge on any atom is -0.381 e. The smallest absolute Gasteiger partial charge is 0.270 e. The molecule has 2 N–H and O–H groups in total. The van der Waals surface area contributed by atoms with Crippen molar-refractivity contribution in [3.63, 3.8) is 0 Å². The fraction of sp³-hybridized carbons (Fsp3) is 0.435. The molecule has 3 aromatic rings. The number of amides is 2. The average Bonchev–Trinajstić information content (AvgIpc) is 3.45. The summed E-state index contributed by atoms with van der Waals surface area (Å²) in [5.41, 5.74) is 2.45. The van der Waals surface area contributed by atoms with Crippen molar-refractivity contribution in [3.05, 3.63) is 54.0 Å². The summed E-state index contributed by atoms with van der Waals surface area (Å²) >= 11 is 0. The van der Waals surface area contributed by atoms with E-state index < -0.39 is 0 Å². The van der Waals surface area contributed by atoms with Crippen molar-refractivity contribution in [2.45, 2.75) is 31.8 Å². The molecule has 5 rings (SSSR count). The number of benzene rings is 1. The highest BCUT2D eigenvalue weighted by Crippen LogP contribution is 2.25. The van der Waals surface area contributed by atoms with E-state index in [1.165, 1.54) is 0 Å². The molecule has 0 aliphatic carbocycles. The standard InChI is InChI=1S/C23H27N5O3/c29-22(24-13-16-6-9-31-10-7-16)12-19-15-27(14-18-5-8-25-28(18)19)23(30)21-11-17-3-1-2-4-20(17)26-21/h1-5,8,11,16,19,26H,6-7,9-10,12-15H2,(H,24,29)/t19-/m0/s1. The molecule has 0 bridgehead atoms. The summed E-state index contributed by atoms with van der Waals surface area (Å²) in [6.45, 7) is 3.15. The molecule has 0 spiro atoms. The Hall–Kier alpha value is -3.13. The van der Waals surface area contributed by atoms with Gasteiger partial charge in [0.15, 0.2) is 0 Å². The van der Waals surface area contributed by atoms with E-state index in [9.17, 15) is 9.59 Å². The second-order valence-corrected chi connectivity index (χ2v) is 8.44. The predicted octanol–water partition coefficient (Wildman–Crippen LogP) is 2.49. The molecule has 0 radical (unpaired) electrons. The van der Waals surface area contributed by atoms with E-state index in [0.717, 1.165) is 42.7 Å². The number of para-hydroxylation sites is 1. The first-order valence-corrected chi connectivity index (χ1v) is 10.9. The molecule has 2 aliphatic rings. The highest BCUT2D eigenvalue weighted by molar-refractivity contribution is 5.98. The van der Waals surface area contributed by atoms with Gasteiger partial charge in [0.25, 0.3) is 5.91 Å². The van der Waals surface area contributed by atoms with Crippen LogP contribution in [0.25, 0.3) is 10.9 Å². The highest BCUT2D eigenvalue weighted by Gasteiger charge is 2.31. The van der Waals surface area contributed by atoms with E-state index >= 15 is 0 Å². The number of fused-ring (bicyclic) bond motifs is 2. The Morgan fingerprint density at radius 3 is 2.87 bits per heavy atom. The van der Waals surface area contributed by atoms with Gasteiger partial charge in [0, 0.05) is 43.4 Å². The maximum absolute atomic E-state index is 13.2. The molecule has 31 heavy (non-hydrogen) atoms. The quantitative estimate of drug-likeness (QED) is 0.662. The Balaban J connectivity index is 1.27. The molecule has 2 aliphatic heterocycles. The second kappa shape index (κ2) is 8.55. The number of rotatable bonds is 5. The van der Waals surface area contributed by atoms with Gasteiger partial charge in [-0.1, -0.05) is 18.2 Å². The minimum atomic E-state index is -0.179. The number of aromatic nitrogens is 3. The number of aromatic amines is 1. The van der Waals surface area contributed by atoms with Gasteiger partial charge in [0.2, 0.25) is 5.91 Å². The third-order valence-electron chi connectivity index (χ3n) is 6.28. The molecule has 8 nitrogen and oxygen atoms in total. The molecule has 1 fully saturated rings. The summed E-state index contributed by atoms with van der Waals surface area (Å²) in [5.74, 6) is 0.415. The Morgan fingerprint density at radius 1 is 1.19 bits per heavy atom. The largest absolute Gasteiger partial charge is 0.381 e. The van der Waals surface area contributed by atoms with Crippen LogP contribution in [0.15, 0.2) is 42.6 Å². The number of hydrogen-bond acceptors (Lipinski definition) is 4. The number of nitrogens with zero attached hydrogens (tertiary/aromatic N) is 3. The van der Waals surface area contributed by atoms with Gasteiger partial charge in [0.1, 0.15) is 5.69 Å². The zero-order valence-electron chi connectivity index (χ0n) is 17.4. The normalized spacial score (nSPS) is 19.4. The van der Waals surface area contributed by atoms with Gasteiger partial charge in [-0.25, -0.2) is 0 Å². The van der Waals surface area contributed by atoms with Crippen molar-refractivity contribution >= 4 is 22.7 Å². The molecule has 1 aromatic carbocycles. The van der Waals surface area contributed by atoms with Gasteiger partial charge in [-0.15, -0.1) is 0 Å². The zero-order valence-corrected chi connectivity index (χ0v) is 17.4. The second-order valence-electron chi connectivity index (χ2n) is 8.44. The van der Waals surface area contributed by atoms with Crippen LogP contribution in [0.1, 0.15) is 41.5 Å². The third kappa shape index (κ3) is 4.20. The van der Waals surface area contributed by atoms with Gasteiger partial charge in [-0.2, -0.15) is 5.10 Å². The van der Waals surface area contributed by atoms with Crippen LogP contribution >= 0.6 is 0 Å². The van der Waals surface area contributed by atoms with E-state index in [-0.39, 0.29) is 17.9 Å². The minimum absolute atomic E-state index is 0.00199. The lowest BCUT2D eigenvalue weighted by Crippen LogP contribution is -2.43. The monoisotopic (exact) mass is 421 g/mol. The molecular weight excluding hydrogens is 394 g/mol. The molecule has 2 aromatic heterocycles. The first-order chi connectivity index (χ1) is 15.2. The summed E-state index contributed by atoms with van der Waals surface area (Å²) in [7, 11) is 0. The van der Waals surface area contributed by atoms with Gasteiger partial charge in [0.05, 0.1) is 24.7 Å². The number of hydrogen-bond donors (Lipinski definition) is 2. The van der Waals surface area contributed by atoms with Gasteiger partial charge < -0.3 is 19.9 Å². The van der Waals surface area contributed by atoms with Crippen molar-refractivity contribution in [3.8, 4) is 0 Å². The van der Waals surface area contributed by atoms with Crippen LogP contribution in [0.5, 0.6) is 0 Å². The lowest BCUT2D eigenvalue weighted by molar-refractivity contribution is -0.122. The average molecular weight is 422 g/mol. The number of carbonyl (C=O) groups is 2. The van der Waals surface area contributed by atoms with Crippen LogP contribution in [0.4, 0.5) is 0 Å². The summed E-state index contributed by atoms with van der Waals surface area (Å²) in [6.07, 6.45) is 4.01. The van der Waals surface area contributed by atoms with E-state index in [0.29, 0.717) is 37.7 Å². The zero-order chi connectivity index (χ0) is 21.2. The Kier molecular flexibility index (Phi) is 5.46. The molecular formula is C23H27N5O3. The Morgan fingerprint density at radius 2 is 2.03 bits per heavy atom. The van der Waals surface area contributed by atoms with Gasteiger partial charge in [-0.3, -0.25) is 14.3 Å². The van der Waals surface area contributed by atoms with Crippen molar-refractivity contribution in [1.82, 2.24) is 25.0 Å². The topological polar surface area (TPSA) is 92.3 Å². The summed E-state index contributed by atoms with van der Waals surface area (Å²) in [4.78, 5) is 30.9. The molecule has 162 valence electrons. The molecule has 8 heteroatoms. The number of ether oxygens (including phenoxy) is 1. The molecule has 2 amide bonds. The number of nitrogens with one attached hydrogen (secondary N) is 2. The van der Waals surface area contributed by atoms with E-state index in [4.69, 9.17) is 4.74 Å². The van der Waals surface area contributed by atoms with E-state index in [2.05, 4.69) is 15.4 Å². The SMILES string of the molecule is O=C(C[C@H]1CN(C(=O)c2cc3ccccc3[nH]2)Cc2ccnn21)NCC1CCOCC1. The van der Waals surface area contributed by atoms with Crippen molar-refractivity contribution in [2.24, 2.45) is 5.92 Å². The Bertz CT molecular complexity index is 1050. The molecule has 0 unspecified atom stereocenters. The Labute approximate surface area is 180 Å². The van der Waals surface area contributed by atoms with Crippen LogP contribution in [-0.2, 0) is 16.1 Å². The van der Waals surface area contributed by atoms with Crippen LogP contribution in [0.3, 0.4) is 0 Å². The molecule has 4 heterocycles. The van der Waals surface area contributed by atoms with Crippen molar-refractivity contribution < 1.29 is 14.3 Å². The van der Waals surface area contributed by atoms with Crippen molar-refractivity contribution in [1.29, 1.82) is 0 Å². The fourth-order valence-electron chi connectivity index (χ4n) is 4.55. The first kappa shape index (κ1) is 19.8. The summed E-state index contributed by atoms with van der Waals surface area (Å²) in [6, 6.07) is 11.5. The van der Waals surface area contributed by atoms with Gasteiger partial charge in [-0.05, 0) is 37.0 Å². The predicted molar refractivity (Wildman–Crippen MR) is 115 cm³/mol. The lowest BCUT2D eigenvalue weighted by Gasteiger charge is -2.33. The molecule has 1 saturated heterocycles. The molecule has 1 atom stereocenters. The summed E-state index contributed by atoms with van der Waals surface area (Å²) in [5, 5.41) is 8.50. The molecule has 0 saturated carbocycles. The highest BCUT2D eigenvalue weighted by atomic mass is 16.5. The first-order valence-electron chi connectivity index (χ1n) is 10.9. The fourth-order valence-corrected chi connectivity index (χ4v) is 4.55. The lowest BCUT2D eigenvalue weighted by atomic mass is 10.0. The number of carbonyl (C=O) groups excluding carboxylic acids is 2. The van der Waals surface area contributed by atoms with Gasteiger partial charge >= 0.3 is 0 Å². The van der Waals surface area contributed by atoms with E-state index in [1.807, 2.05) is 41.1 Å². The maximum Gasteiger partial charge on any atom is 0.270 e. The summed E-state index contributed by atoms with van der Waals surface area (Å²) < 4.78 is 7.28. The third-order valence-corrected chi connectivity index (χ3v) is 6.28. The van der Waals surface area contributed by atoms with Crippen LogP contribution in [-0.4, -0.2) is 57.8 Å². The number of H-pyrrole nitrogens is 1. The van der Waals surface area contributed by atoms with Crippen LogP contribution in [0.2, 0.25) is 0 Å². The van der Waals surface area contributed by atoms with Crippen LogP contribution in [0, 0.1) is 5.92 Å². The van der Waals surface area contributed by atoms with E-state index in [1.54, 1.807) is 11.1 Å². The maximum atomic E-state index is 13.2. The van der Waals surface area contributed by atoms with Crippen molar-refractivity contribution in [2.75, 3.05) is 26.3 Å². The van der Waals surface area contributed by atoms with Crippen LogP contribution < -0.4 is 5.32 Å².